The molecule has 0 unspecified atom stereocenters. The predicted octanol–water partition coefficient (Wildman–Crippen LogP) is 0.314. The van der Waals surface area contributed by atoms with E-state index < -0.39 is 18.0 Å². The van der Waals surface area contributed by atoms with Gasteiger partial charge in [-0.15, -0.1) is 11.8 Å². The summed E-state index contributed by atoms with van der Waals surface area (Å²) in [6, 6.07) is -0.399. The summed E-state index contributed by atoms with van der Waals surface area (Å²) >= 11 is 1.48. The Labute approximate surface area is 204 Å². The SMILES string of the molecule is CC(N)=NC1CCN(C(=O)[C@@H]2C[C@H](SC3=C(C(=O)O)N4C(=O)[C@H]([C@@H](C)O)[C@H]4[C@H]3C)CN2C)CC1. The van der Waals surface area contributed by atoms with Gasteiger partial charge in [-0.25, -0.2) is 4.79 Å². The highest BCUT2D eigenvalue weighted by Crippen LogP contribution is 2.52. The highest BCUT2D eigenvalue weighted by Gasteiger charge is 2.60. The van der Waals surface area contributed by atoms with Crippen molar-refractivity contribution >= 4 is 35.4 Å². The number of carboxylic acids is 1. The quantitative estimate of drug-likeness (QED) is 0.273. The molecule has 4 aliphatic rings. The normalized spacial score (nSPS) is 33.9. The molecule has 3 saturated heterocycles. The monoisotopic (exact) mass is 493 g/mol. The molecule has 0 aromatic carbocycles. The van der Waals surface area contributed by atoms with Gasteiger partial charge >= 0.3 is 5.97 Å². The smallest absolute Gasteiger partial charge is 0.353 e. The minimum atomic E-state index is -1.12. The number of rotatable bonds is 6. The van der Waals surface area contributed by atoms with E-state index in [1.165, 1.54) is 16.7 Å². The standard InChI is InChI=1S/C23H35N5O5S/c1-11-18-17(12(2)29)22(31)28(18)19(23(32)33)20(11)34-15-9-16(26(4)10-15)21(30)27-7-5-14(6-8-27)25-13(3)24/h11-12,14-18,29H,5-10H2,1-4H3,(H2,24,25)(H,32,33)/t11-,12-,15+,16+,17-,18-/m1/s1. The third kappa shape index (κ3) is 4.33. The Bertz CT molecular complexity index is 925. The van der Waals surface area contributed by atoms with Crippen LogP contribution >= 0.6 is 11.8 Å². The zero-order valence-electron chi connectivity index (χ0n) is 20.2. The maximum Gasteiger partial charge on any atom is 0.353 e. The Morgan fingerprint density at radius 2 is 1.91 bits per heavy atom. The van der Waals surface area contributed by atoms with E-state index in [0.29, 0.717) is 36.8 Å². The van der Waals surface area contributed by atoms with Gasteiger partial charge in [0.15, 0.2) is 0 Å². The Balaban J connectivity index is 1.42. The van der Waals surface area contributed by atoms with Crippen LogP contribution in [0.15, 0.2) is 15.6 Å². The molecule has 4 rings (SSSR count). The van der Waals surface area contributed by atoms with Crippen molar-refractivity contribution in [1.82, 2.24) is 14.7 Å². The maximum atomic E-state index is 13.3. The molecule has 0 saturated carbocycles. The fourth-order valence-electron chi connectivity index (χ4n) is 5.90. The molecule has 34 heavy (non-hydrogen) atoms. The first-order valence-corrected chi connectivity index (χ1v) is 12.8. The number of carbonyl (C=O) groups is 3. The molecule has 0 radical (unpaired) electrons. The van der Waals surface area contributed by atoms with Gasteiger partial charge in [0.2, 0.25) is 11.8 Å². The van der Waals surface area contributed by atoms with E-state index in [2.05, 4.69) is 4.99 Å². The summed E-state index contributed by atoms with van der Waals surface area (Å²) in [6.07, 6.45) is 1.41. The minimum absolute atomic E-state index is 0.0413. The van der Waals surface area contributed by atoms with E-state index in [9.17, 15) is 24.6 Å². The van der Waals surface area contributed by atoms with Gasteiger partial charge < -0.3 is 25.7 Å². The number of thioether (sulfide) groups is 1. The van der Waals surface area contributed by atoms with E-state index in [-0.39, 0.29) is 46.8 Å². The first kappa shape index (κ1) is 25.0. The van der Waals surface area contributed by atoms with Crippen LogP contribution in [0.2, 0.25) is 0 Å². The number of aliphatic hydroxyl groups excluding tert-OH is 1. The average molecular weight is 494 g/mol. The minimum Gasteiger partial charge on any atom is -0.477 e. The van der Waals surface area contributed by atoms with Crippen LogP contribution in [-0.4, -0.2) is 105 Å². The topological polar surface area (TPSA) is 140 Å². The summed E-state index contributed by atoms with van der Waals surface area (Å²) in [4.78, 5) is 48.3. The molecule has 6 atom stereocenters. The van der Waals surface area contributed by atoms with Gasteiger partial charge in [0.25, 0.3) is 0 Å². The number of β-lactam (4-membered cyclic amide) rings is 1. The molecule has 0 bridgehead atoms. The first-order chi connectivity index (χ1) is 16.0. The molecule has 0 aromatic rings. The lowest BCUT2D eigenvalue weighted by Crippen LogP contribution is -2.63. The Morgan fingerprint density at radius 3 is 2.47 bits per heavy atom. The third-order valence-electron chi connectivity index (χ3n) is 7.56. The van der Waals surface area contributed by atoms with Crippen molar-refractivity contribution in [3.05, 3.63) is 10.6 Å². The highest BCUT2D eigenvalue weighted by molar-refractivity contribution is 8.03. The van der Waals surface area contributed by atoms with Gasteiger partial charge in [-0.05, 0) is 40.2 Å². The van der Waals surface area contributed by atoms with E-state index in [1.807, 2.05) is 23.8 Å². The summed E-state index contributed by atoms with van der Waals surface area (Å²) in [7, 11) is 1.93. The molecule has 0 spiro atoms. The van der Waals surface area contributed by atoms with E-state index in [1.54, 1.807) is 13.8 Å². The van der Waals surface area contributed by atoms with Crippen LogP contribution in [0.25, 0.3) is 0 Å². The number of aliphatic imine (C=N–C) groups is 1. The van der Waals surface area contributed by atoms with Crippen molar-refractivity contribution in [3.63, 3.8) is 0 Å². The lowest BCUT2D eigenvalue weighted by atomic mass is 9.79. The second-order valence-corrected chi connectivity index (χ2v) is 11.4. The molecule has 4 heterocycles. The van der Waals surface area contributed by atoms with Crippen LogP contribution in [-0.2, 0) is 14.4 Å². The predicted molar refractivity (Wildman–Crippen MR) is 129 cm³/mol. The van der Waals surface area contributed by atoms with E-state index in [0.717, 1.165) is 12.8 Å². The number of piperidine rings is 1. The zero-order valence-corrected chi connectivity index (χ0v) is 21.0. The summed E-state index contributed by atoms with van der Waals surface area (Å²) in [5.41, 5.74) is 5.73. The fourth-order valence-corrected chi connectivity index (χ4v) is 7.50. The molecule has 11 heteroatoms. The van der Waals surface area contributed by atoms with Gasteiger partial charge in [0, 0.05) is 35.7 Å². The van der Waals surface area contributed by atoms with Crippen LogP contribution < -0.4 is 5.73 Å². The van der Waals surface area contributed by atoms with Crippen molar-refractivity contribution in [3.8, 4) is 0 Å². The number of fused-ring (bicyclic) bond motifs is 1. The van der Waals surface area contributed by atoms with Gasteiger partial charge in [-0.3, -0.25) is 19.5 Å². The molecule has 4 N–H and O–H groups in total. The lowest BCUT2D eigenvalue weighted by molar-refractivity contribution is -0.163. The van der Waals surface area contributed by atoms with Crippen molar-refractivity contribution in [1.29, 1.82) is 0 Å². The van der Waals surface area contributed by atoms with Crippen LogP contribution in [0.3, 0.4) is 0 Å². The largest absolute Gasteiger partial charge is 0.477 e. The molecule has 2 amide bonds. The van der Waals surface area contributed by atoms with Crippen LogP contribution in [0.5, 0.6) is 0 Å². The second-order valence-electron chi connectivity index (χ2n) is 10.0. The summed E-state index contributed by atoms with van der Waals surface area (Å²) in [6.45, 7) is 7.26. The number of nitrogens with zero attached hydrogens (tertiary/aromatic N) is 4. The number of amidine groups is 1. The molecule has 10 nitrogen and oxygen atoms in total. The summed E-state index contributed by atoms with van der Waals surface area (Å²) in [5, 5.41) is 19.9. The van der Waals surface area contributed by atoms with Crippen molar-refractivity contribution < 1.29 is 24.6 Å². The Hall–Kier alpha value is -2.11. The fraction of sp³-hybridized carbons (Fsp3) is 0.739. The van der Waals surface area contributed by atoms with Crippen LogP contribution in [0, 0.1) is 11.8 Å². The van der Waals surface area contributed by atoms with E-state index >= 15 is 0 Å². The maximum absolute atomic E-state index is 13.3. The molecular formula is C23H35N5O5S. The molecule has 3 fully saturated rings. The number of carbonyl (C=O) groups excluding carboxylic acids is 2. The summed E-state index contributed by atoms with van der Waals surface area (Å²) < 4.78 is 0. The first-order valence-electron chi connectivity index (χ1n) is 11.9. The molecule has 0 aromatic heterocycles. The third-order valence-corrected chi connectivity index (χ3v) is 9.06. The Morgan fingerprint density at radius 1 is 1.26 bits per heavy atom. The Kier molecular flexibility index (Phi) is 6.99. The number of aliphatic hydroxyl groups is 1. The second kappa shape index (κ2) is 9.50. The van der Waals surface area contributed by atoms with Gasteiger partial charge in [-0.1, -0.05) is 6.92 Å². The average Bonchev–Trinajstić information content (AvgIpc) is 3.23. The van der Waals surface area contributed by atoms with Crippen LogP contribution in [0.4, 0.5) is 0 Å². The zero-order chi connectivity index (χ0) is 24.9. The van der Waals surface area contributed by atoms with E-state index in [4.69, 9.17) is 5.73 Å². The van der Waals surface area contributed by atoms with Gasteiger partial charge in [-0.2, -0.15) is 0 Å². The number of hydrogen-bond acceptors (Lipinski definition) is 7. The number of amides is 2. The number of nitrogens with two attached hydrogens (primary N) is 1. The number of likely N-dealkylation sites (N-methyl/N-ethyl adjacent to an activating group) is 1. The number of hydrogen-bond donors (Lipinski definition) is 3. The lowest BCUT2D eigenvalue weighted by Gasteiger charge is -2.46. The molecule has 188 valence electrons. The highest BCUT2D eigenvalue weighted by atomic mass is 32.2. The van der Waals surface area contributed by atoms with Crippen molar-refractivity contribution in [2.75, 3.05) is 26.7 Å². The number of likely N-dealkylation sites (tertiary alicyclic amines) is 2. The number of carboxylic acid groups (broad SMARTS) is 1. The van der Waals surface area contributed by atoms with Gasteiger partial charge in [0.1, 0.15) is 5.70 Å². The van der Waals surface area contributed by atoms with Crippen molar-refractivity contribution in [2.45, 2.75) is 69.5 Å². The van der Waals surface area contributed by atoms with Crippen LogP contribution in [0.1, 0.15) is 40.0 Å². The molecule has 0 aliphatic carbocycles. The molecular weight excluding hydrogens is 458 g/mol. The summed E-state index contributed by atoms with van der Waals surface area (Å²) in [5.74, 6) is -1.50. The van der Waals surface area contributed by atoms with Crippen molar-refractivity contribution in [2.24, 2.45) is 22.6 Å². The molecule has 4 aliphatic heterocycles. The number of aliphatic carboxylic acids is 1. The van der Waals surface area contributed by atoms with Gasteiger partial charge in [0.05, 0.1) is 36.0 Å².